The van der Waals surface area contributed by atoms with E-state index in [0.717, 1.165) is 6.54 Å². The van der Waals surface area contributed by atoms with Crippen molar-refractivity contribution in [1.29, 1.82) is 0 Å². The number of amides is 1. The molecule has 0 aliphatic rings. The maximum atomic E-state index is 12.4. The van der Waals surface area contributed by atoms with E-state index < -0.39 is 11.2 Å². The van der Waals surface area contributed by atoms with Crippen LogP contribution in [-0.2, 0) is 11.3 Å². The van der Waals surface area contributed by atoms with Crippen molar-refractivity contribution in [3.05, 3.63) is 38.0 Å². The summed E-state index contributed by atoms with van der Waals surface area (Å²) in [5.74, 6) is -0.320. The molecule has 10 heteroatoms. The number of likely N-dealkylation sites (N-methyl/N-ethyl adjacent to an activating group) is 2. The number of nitrogens with zero attached hydrogens (tertiary/aromatic N) is 3. The number of nitrogens with one attached hydrogen (secondary N) is 3. The topological polar surface area (TPSA) is 102 Å². The molecule has 0 spiro atoms. The maximum Gasteiger partial charge on any atom is 0.329 e. The van der Waals surface area contributed by atoms with Crippen molar-refractivity contribution in [3.8, 4) is 0 Å². The van der Waals surface area contributed by atoms with Gasteiger partial charge in [-0.3, -0.25) is 19.1 Å². The number of aromatic nitrogens is 2. The third-order valence-corrected chi connectivity index (χ3v) is 4.34. The smallest absolute Gasteiger partial charge is 0.329 e. The summed E-state index contributed by atoms with van der Waals surface area (Å²) >= 11 is 6.21. The number of carbonyl (C=O) groups excluding carboxylic acids is 1. The Kier molecular flexibility index (Phi) is 7.61. The van der Waals surface area contributed by atoms with Gasteiger partial charge in [0, 0.05) is 31.2 Å². The van der Waals surface area contributed by atoms with E-state index in [1.807, 2.05) is 38.0 Å². The first-order valence-corrected chi connectivity index (χ1v) is 9.33. The largest absolute Gasteiger partial charge is 0.383 e. The van der Waals surface area contributed by atoms with E-state index in [2.05, 4.69) is 15.6 Å². The van der Waals surface area contributed by atoms with Gasteiger partial charge in [-0.2, -0.15) is 0 Å². The Morgan fingerprint density at radius 1 is 1.11 bits per heavy atom. The first-order chi connectivity index (χ1) is 13.2. The van der Waals surface area contributed by atoms with Crippen molar-refractivity contribution in [2.24, 2.45) is 0 Å². The highest BCUT2D eigenvalue weighted by Gasteiger charge is 2.15. The zero-order valence-corrected chi connectivity index (χ0v) is 17.4. The van der Waals surface area contributed by atoms with Crippen LogP contribution in [0.15, 0.2) is 21.7 Å². The fourth-order valence-electron chi connectivity index (χ4n) is 2.71. The molecule has 0 unspecified atom stereocenters. The molecule has 2 rings (SSSR count). The molecule has 1 amide bonds. The van der Waals surface area contributed by atoms with Gasteiger partial charge in [0.25, 0.3) is 5.56 Å². The van der Waals surface area contributed by atoms with Crippen molar-refractivity contribution >= 4 is 34.1 Å². The molecule has 28 heavy (non-hydrogen) atoms. The Morgan fingerprint density at radius 3 is 2.39 bits per heavy atom. The highest BCUT2D eigenvalue weighted by atomic mass is 35.5. The number of fused-ring (bicyclic) bond motifs is 1. The molecule has 0 aliphatic heterocycles. The van der Waals surface area contributed by atoms with Crippen molar-refractivity contribution in [1.82, 2.24) is 24.7 Å². The van der Waals surface area contributed by atoms with Gasteiger partial charge in [0.2, 0.25) is 5.91 Å². The lowest BCUT2D eigenvalue weighted by atomic mass is 10.2. The van der Waals surface area contributed by atoms with Gasteiger partial charge in [0.05, 0.1) is 16.6 Å². The second-order valence-electron chi connectivity index (χ2n) is 7.08. The van der Waals surface area contributed by atoms with Crippen LogP contribution in [-0.4, -0.2) is 79.6 Å². The van der Waals surface area contributed by atoms with Crippen LogP contribution >= 0.6 is 11.6 Å². The van der Waals surface area contributed by atoms with Gasteiger partial charge in [-0.25, -0.2) is 4.79 Å². The van der Waals surface area contributed by atoms with Crippen LogP contribution < -0.4 is 21.9 Å². The number of hydrogen-bond donors (Lipinski definition) is 3. The van der Waals surface area contributed by atoms with Crippen LogP contribution in [0.4, 0.5) is 5.69 Å². The predicted molar refractivity (Wildman–Crippen MR) is 112 cm³/mol. The second kappa shape index (κ2) is 9.72. The van der Waals surface area contributed by atoms with Crippen LogP contribution in [0.1, 0.15) is 0 Å². The van der Waals surface area contributed by atoms with Crippen LogP contribution in [0.2, 0.25) is 5.02 Å². The third-order valence-electron chi connectivity index (χ3n) is 4.12. The minimum absolute atomic E-state index is 0.211. The Balaban J connectivity index is 2.38. The van der Waals surface area contributed by atoms with Gasteiger partial charge in [0.1, 0.15) is 6.54 Å². The van der Waals surface area contributed by atoms with E-state index in [9.17, 15) is 14.4 Å². The van der Waals surface area contributed by atoms with Crippen LogP contribution in [0.25, 0.3) is 10.9 Å². The highest BCUT2D eigenvalue weighted by Crippen LogP contribution is 2.24. The van der Waals surface area contributed by atoms with Gasteiger partial charge in [-0.15, -0.1) is 0 Å². The van der Waals surface area contributed by atoms with Gasteiger partial charge < -0.3 is 20.4 Å². The number of hydrogen-bond acceptors (Lipinski definition) is 6. The lowest BCUT2D eigenvalue weighted by molar-refractivity contribution is -0.121. The molecule has 9 nitrogen and oxygen atoms in total. The molecule has 0 radical (unpaired) electrons. The molecule has 0 fully saturated rings. The standard InChI is InChI=1S/C18H27ClN6O3/c1-23(2)7-5-20-13-9-12(19)10-14-16(13)17(27)22-18(28)25(14)11-15(26)21-6-8-24(3)4/h9-10,20H,5-8,11H2,1-4H3,(H,21,26)(H,22,27,28). The zero-order valence-electron chi connectivity index (χ0n) is 16.6. The summed E-state index contributed by atoms with van der Waals surface area (Å²) in [4.78, 5) is 43.3. The van der Waals surface area contributed by atoms with Crippen molar-refractivity contribution in [2.45, 2.75) is 6.54 Å². The SMILES string of the molecule is CN(C)CCNC(=O)Cn1c(=O)[nH]c(=O)c2c(NCCN(C)C)cc(Cl)cc21. The lowest BCUT2D eigenvalue weighted by Crippen LogP contribution is -2.38. The molecule has 154 valence electrons. The number of anilines is 1. The van der Waals surface area contributed by atoms with E-state index in [4.69, 9.17) is 11.6 Å². The van der Waals surface area contributed by atoms with Crippen molar-refractivity contribution in [3.63, 3.8) is 0 Å². The number of carbonyl (C=O) groups is 1. The lowest BCUT2D eigenvalue weighted by Gasteiger charge is -2.16. The van der Waals surface area contributed by atoms with E-state index in [1.54, 1.807) is 6.07 Å². The summed E-state index contributed by atoms with van der Waals surface area (Å²) in [7, 11) is 7.69. The number of benzene rings is 1. The quantitative estimate of drug-likeness (QED) is 0.537. The zero-order chi connectivity index (χ0) is 20.8. The van der Waals surface area contributed by atoms with E-state index in [0.29, 0.717) is 41.2 Å². The molecule has 1 aromatic carbocycles. The van der Waals surface area contributed by atoms with Crippen molar-refractivity contribution in [2.75, 3.05) is 59.7 Å². The minimum Gasteiger partial charge on any atom is -0.383 e. The summed E-state index contributed by atoms with van der Waals surface area (Å²) in [6, 6.07) is 3.17. The summed E-state index contributed by atoms with van der Waals surface area (Å²) < 4.78 is 1.23. The van der Waals surface area contributed by atoms with Gasteiger partial charge >= 0.3 is 5.69 Å². The van der Waals surface area contributed by atoms with E-state index >= 15 is 0 Å². The summed E-state index contributed by atoms with van der Waals surface area (Å²) in [5.41, 5.74) is -0.334. The molecular weight excluding hydrogens is 384 g/mol. The first kappa shape index (κ1) is 21.9. The number of H-pyrrole nitrogens is 1. The summed E-state index contributed by atoms with van der Waals surface area (Å²) in [6.07, 6.45) is 0. The van der Waals surface area contributed by atoms with Gasteiger partial charge in [-0.05, 0) is 40.3 Å². The minimum atomic E-state index is -0.651. The third kappa shape index (κ3) is 5.82. The fourth-order valence-corrected chi connectivity index (χ4v) is 2.92. The molecule has 0 aliphatic carbocycles. The Labute approximate surface area is 168 Å². The normalized spacial score (nSPS) is 11.4. The van der Waals surface area contributed by atoms with Crippen LogP contribution in [0.5, 0.6) is 0 Å². The number of aromatic amines is 1. The number of rotatable bonds is 9. The molecule has 0 saturated carbocycles. The molecule has 0 saturated heterocycles. The number of halogens is 1. The Bertz CT molecular complexity index is 951. The van der Waals surface area contributed by atoms with Crippen LogP contribution in [0.3, 0.4) is 0 Å². The van der Waals surface area contributed by atoms with Gasteiger partial charge in [0.15, 0.2) is 0 Å². The molecule has 0 bridgehead atoms. The summed E-state index contributed by atoms with van der Waals surface area (Å²) in [5, 5.41) is 6.60. The molecule has 2 aromatic rings. The Morgan fingerprint density at radius 2 is 1.75 bits per heavy atom. The van der Waals surface area contributed by atoms with Crippen molar-refractivity contribution < 1.29 is 4.79 Å². The first-order valence-electron chi connectivity index (χ1n) is 8.95. The molecule has 1 aromatic heterocycles. The molecule has 3 N–H and O–H groups in total. The second-order valence-corrected chi connectivity index (χ2v) is 7.51. The molecule has 1 heterocycles. The highest BCUT2D eigenvalue weighted by molar-refractivity contribution is 6.31. The Hall–Kier alpha value is -2.36. The van der Waals surface area contributed by atoms with E-state index in [1.165, 1.54) is 10.6 Å². The van der Waals surface area contributed by atoms with E-state index in [-0.39, 0.29) is 12.5 Å². The monoisotopic (exact) mass is 410 g/mol. The predicted octanol–water partition coefficient (Wildman–Crippen LogP) is -0.00550. The van der Waals surface area contributed by atoms with Gasteiger partial charge in [-0.1, -0.05) is 11.6 Å². The molecule has 0 atom stereocenters. The summed E-state index contributed by atoms with van der Waals surface area (Å²) in [6.45, 7) is 2.27. The molecular formula is C18H27ClN6O3. The van der Waals surface area contributed by atoms with Crippen LogP contribution in [0, 0.1) is 0 Å². The average Bonchev–Trinajstić information content (AvgIpc) is 2.57. The maximum absolute atomic E-state index is 12.4. The average molecular weight is 411 g/mol. The fraction of sp³-hybridized carbons (Fsp3) is 0.500.